The molecule has 0 radical (unpaired) electrons. The summed E-state index contributed by atoms with van der Waals surface area (Å²) >= 11 is 3.40. The standard InChI is InChI=1S/C23H31BrN2O4S/c1-4-7-16-30-22-13-8-18(24)17-21(22)23(27)25-19-9-11-20(12-10-19)31(28,29)26(14-5-2)15-6-3/h8-13,17H,4-7,14-16H2,1-3H3,(H,25,27). The summed E-state index contributed by atoms with van der Waals surface area (Å²) in [5.41, 5.74) is 0.931. The van der Waals surface area contributed by atoms with Crippen LogP contribution in [0.15, 0.2) is 51.8 Å². The molecule has 1 amide bonds. The number of sulfonamides is 1. The molecule has 31 heavy (non-hydrogen) atoms. The van der Waals surface area contributed by atoms with E-state index in [9.17, 15) is 13.2 Å². The Morgan fingerprint density at radius 1 is 1.00 bits per heavy atom. The van der Waals surface area contributed by atoms with Crippen LogP contribution < -0.4 is 10.1 Å². The predicted octanol–water partition coefficient (Wildman–Crippen LogP) is 5.69. The first-order chi connectivity index (χ1) is 14.8. The van der Waals surface area contributed by atoms with E-state index in [-0.39, 0.29) is 10.8 Å². The minimum absolute atomic E-state index is 0.221. The largest absolute Gasteiger partial charge is 0.493 e. The first-order valence-corrected chi connectivity index (χ1v) is 12.9. The van der Waals surface area contributed by atoms with Gasteiger partial charge in [0.15, 0.2) is 0 Å². The third-order valence-corrected chi connectivity index (χ3v) is 7.04. The number of unbranched alkanes of at least 4 members (excludes halogenated alkanes) is 1. The van der Waals surface area contributed by atoms with Crippen LogP contribution in [0.3, 0.4) is 0 Å². The van der Waals surface area contributed by atoms with Crippen molar-refractivity contribution in [2.24, 2.45) is 0 Å². The second-order valence-electron chi connectivity index (χ2n) is 7.23. The molecule has 2 rings (SSSR count). The maximum Gasteiger partial charge on any atom is 0.259 e. The molecule has 0 bridgehead atoms. The molecule has 0 atom stereocenters. The molecule has 2 aromatic carbocycles. The number of ether oxygens (including phenoxy) is 1. The number of hydrogen-bond donors (Lipinski definition) is 1. The molecule has 0 heterocycles. The van der Waals surface area contributed by atoms with Gasteiger partial charge < -0.3 is 10.1 Å². The number of hydrogen-bond acceptors (Lipinski definition) is 4. The monoisotopic (exact) mass is 510 g/mol. The van der Waals surface area contributed by atoms with Crippen molar-refractivity contribution in [1.29, 1.82) is 0 Å². The molecular formula is C23H31BrN2O4S. The third-order valence-electron chi connectivity index (χ3n) is 4.64. The van der Waals surface area contributed by atoms with Crippen molar-refractivity contribution < 1.29 is 17.9 Å². The van der Waals surface area contributed by atoms with Gasteiger partial charge in [0.25, 0.3) is 5.91 Å². The maximum absolute atomic E-state index is 12.9. The lowest BCUT2D eigenvalue weighted by Gasteiger charge is -2.21. The Bertz CT molecular complexity index is 956. The molecule has 0 aromatic heterocycles. The number of carbonyl (C=O) groups excluding carboxylic acids is 1. The van der Waals surface area contributed by atoms with Crippen molar-refractivity contribution in [1.82, 2.24) is 4.31 Å². The van der Waals surface area contributed by atoms with Crippen molar-refractivity contribution >= 4 is 37.5 Å². The average Bonchev–Trinajstić information content (AvgIpc) is 2.75. The fraction of sp³-hybridized carbons (Fsp3) is 0.435. The van der Waals surface area contributed by atoms with E-state index in [1.54, 1.807) is 24.3 Å². The molecule has 8 heteroatoms. The Hall–Kier alpha value is -1.90. The molecule has 1 N–H and O–H groups in total. The zero-order valence-corrected chi connectivity index (χ0v) is 20.8. The molecule has 0 aliphatic rings. The highest BCUT2D eigenvalue weighted by atomic mass is 79.9. The minimum Gasteiger partial charge on any atom is -0.493 e. The normalized spacial score (nSPS) is 11.5. The summed E-state index contributed by atoms with van der Waals surface area (Å²) < 4.78 is 33.8. The summed E-state index contributed by atoms with van der Waals surface area (Å²) in [4.78, 5) is 13.1. The third kappa shape index (κ3) is 7.05. The lowest BCUT2D eigenvalue weighted by molar-refractivity contribution is 0.102. The van der Waals surface area contributed by atoms with Gasteiger partial charge in [-0.1, -0.05) is 43.1 Å². The van der Waals surface area contributed by atoms with Gasteiger partial charge in [-0.25, -0.2) is 8.42 Å². The van der Waals surface area contributed by atoms with Crippen LogP contribution in [0.25, 0.3) is 0 Å². The number of nitrogens with one attached hydrogen (secondary N) is 1. The number of amides is 1. The molecule has 0 spiro atoms. The van der Waals surface area contributed by atoms with Crippen LogP contribution in [0, 0.1) is 0 Å². The van der Waals surface area contributed by atoms with Crippen LogP contribution in [0.2, 0.25) is 0 Å². The Morgan fingerprint density at radius 3 is 2.23 bits per heavy atom. The smallest absolute Gasteiger partial charge is 0.259 e. The Labute approximate surface area is 194 Å². The number of nitrogens with zero attached hydrogens (tertiary/aromatic N) is 1. The van der Waals surface area contributed by atoms with E-state index >= 15 is 0 Å². The number of anilines is 1. The highest BCUT2D eigenvalue weighted by Gasteiger charge is 2.23. The van der Waals surface area contributed by atoms with Gasteiger partial charge >= 0.3 is 0 Å². The summed E-state index contributed by atoms with van der Waals surface area (Å²) in [5.74, 6) is 0.199. The van der Waals surface area contributed by atoms with Crippen LogP contribution in [-0.2, 0) is 10.0 Å². The molecule has 0 saturated carbocycles. The fourth-order valence-electron chi connectivity index (χ4n) is 3.04. The summed E-state index contributed by atoms with van der Waals surface area (Å²) in [5, 5.41) is 2.83. The van der Waals surface area contributed by atoms with Gasteiger partial charge in [0.05, 0.1) is 17.1 Å². The van der Waals surface area contributed by atoms with Crippen LogP contribution in [0.1, 0.15) is 56.8 Å². The number of carbonyl (C=O) groups is 1. The van der Waals surface area contributed by atoms with Gasteiger partial charge in [-0.05, 0) is 61.7 Å². The fourth-order valence-corrected chi connectivity index (χ4v) is 5.03. The van der Waals surface area contributed by atoms with Crippen molar-refractivity contribution in [3.8, 4) is 5.75 Å². The first kappa shape index (κ1) is 25.4. The number of halogens is 1. The van der Waals surface area contributed by atoms with Crippen LogP contribution >= 0.6 is 15.9 Å². The van der Waals surface area contributed by atoms with Gasteiger partial charge in [0.2, 0.25) is 10.0 Å². The molecule has 0 saturated heterocycles. The van der Waals surface area contributed by atoms with Crippen LogP contribution in [0.5, 0.6) is 5.75 Å². The van der Waals surface area contributed by atoms with Crippen molar-refractivity contribution in [2.75, 3.05) is 25.0 Å². The van der Waals surface area contributed by atoms with Crippen molar-refractivity contribution in [3.05, 3.63) is 52.5 Å². The average molecular weight is 511 g/mol. The molecule has 6 nitrogen and oxygen atoms in total. The first-order valence-electron chi connectivity index (χ1n) is 10.7. The Kier molecular flexibility index (Phi) is 9.99. The number of rotatable bonds is 12. The van der Waals surface area contributed by atoms with Crippen LogP contribution in [-0.4, -0.2) is 38.3 Å². The predicted molar refractivity (Wildman–Crippen MR) is 128 cm³/mol. The van der Waals surface area contributed by atoms with E-state index in [1.165, 1.54) is 16.4 Å². The van der Waals surface area contributed by atoms with E-state index in [4.69, 9.17) is 4.74 Å². The van der Waals surface area contributed by atoms with Crippen LogP contribution in [0.4, 0.5) is 5.69 Å². The summed E-state index contributed by atoms with van der Waals surface area (Å²) in [6.45, 7) is 7.50. The van der Waals surface area contributed by atoms with Gasteiger partial charge in [-0.15, -0.1) is 0 Å². The molecule has 0 fully saturated rings. The summed E-state index contributed by atoms with van der Waals surface area (Å²) in [7, 11) is -3.55. The molecule has 0 aliphatic heterocycles. The Morgan fingerprint density at radius 2 is 1.65 bits per heavy atom. The number of benzene rings is 2. The van der Waals surface area contributed by atoms with E-state index in [2.05, 4.69) is 28.2 Å². The summed E-state index contributed by atoms with van der Waals surface area (Å²) in [6, 6.07) is 11.6. The lowest BCUT2D eigenvalue weighted by Crippen LogP contribution is -2.32. The minimum atomic E-state index is -3.55. The van der Waals surface area contributed by atoms with E-state index in [0.29, 0.717) is 36.7 Å². The lowest BCUT2D eigenvalue weighted by atomic mass is 10.2. The zero-order valence-electron chi connectivity index (χ0n) is 18.4. The van der Waals surface area contributed by atoms with Crippen molar-refractivity contribution in [2.45, 2.75) is 51.3 Å². The zero-order chi connectivity index (χ0) is 22.9. The molecule has 2 aromatic rings. The topological polar surface area (TPSA) is 75.7 Å². The quantitative estimate of drug-likeness (QED) is 0.372. The molecule has 0 aliphatic carbocycles. The van der Waals surface area contributed by atoms with Gasteiger partial charge in [0.1, 0.15) is 5.75 Å². The van der Waals surface area contributed by atoms with E-state index < -0.39 is 10.0 Å². The molecule has 0 unspecified atom stereocenters. The highest BCUT2D eigenvalue weighted by molar-refractivity contribution is 9.10. The second kappa shape index (κ2) is 12.2. The van der Waals surface area contributed by atoms with E-state index in [1.807, 2.05) is 19.9 Å². The molecular weight excluding hydrogens is 480 g/mol. The SMILES string of the molecule is CCCCOc1ccc(Br)cc1C(=O)Nc1ccc(S(=O)(=O)N(CCC)CCC)cc1. The maximum atomic E-state index is 12.9. The highest BCUT2D eigenvalue weighted by Crippen LogP contribution is 2.25. The molecule has 170 valence electrons. The second-order valence-corrected chi connectivity index (χ2v) is 10.1. The van der Waals surface area contributed by atoms with Gasteiger partial charge in [0, 0.05) is 23.2 Å². The summed E-state index contributed by atoms with van der Waals surface area (Å²) in [6.07, 6.45) is 3.41. The van der Waals surface area contributed by atoms with E-state index in [0.717, 1.165) is 30.2 Å². The van der Waals surface area contributed by atoms with Gasteiger partial charge in [-0.2, -0.15) is 4.31 Å². The van der Waals surface area contributed by atoms with Crippen molar-refractivity contribution in [3.63, 3.8) is 0 Å². The van der Waals surface area contributed by atoms with Gasteiger partial charge in [-0.3, -0.25) is 4.79 Å². The Balaban J connectivity index is 2.18.